The van der Waals surface area contributed by atoms with Crippen LogP contribution in [0.15, 0.2) is 127 Å². The zero-order valence-corrected chi connectivity index (χ0v) is 37.5. The van der Waals surface area contributed by atoms with Gasteiger partial charge < -0.3 is 9.13 Å². The van der Waals surface area contributed by atoms with Crippen molar-refractivity contribution in [3.05, 3.63) is 139 Å². The third-order valence-corrected chi connectivity index (χ3v) is 19.3. The molecule has 6 aromatic carbocycles. The third-order valence-electron chi connectivity index (χ3n) is 18.1. The van der Waals surface area contributed by atoms with Gasteiger partial charge in [-0.15, -0.1) is 11.3 Å². The molecule has 18 rings (SSSR count). The maximum Gasteiger partial charge on any atom is 0.163 e. The predicted octanol–water partition coefficient (Wildman–Crippen LogP) is 15.0. The largest absolute Gasteiger partial charge is 0.308 e. The van der Waals surface area contributed by atoms with Crippen LogP contribution in [0.1, 0.15) is 88.7 Å². The van der Waals surface area contributed by atoms with E-state index < -0.39 is 0 Å². The van der Waals surface area contributed by atoms with Gasteiger partial charge >= 0.3 is 0 Å². The van der Waals surface area contributed by atoms with Crippen molar-refractivity contribution in [3.8, 4) is 22.8 Å². The molecule has 4 aromatic heterocycles. The molecule has 0 amide bonds. The minimum absolute atomic E-state index is 0.120. The second kappa shape index (κ2) is 12.9. The number of para-hydroxylation sites is 3. The summed E-state index contributed by atoms with van der Waals surface area (Å²) in [5, 5.41) is 7.86. The molecule has 5 nitrogen and oxygen atoms in total. The molecule has 4 heterocycles. The number of nitrogens with zero attached hydrogens (tertiary/aromatic N) is 5. The molecule has 6 heteroatoms. The molecule has 0 unspecified atom stereocenters. The number of thiophene rings is 1. The molecule has 0 N–H and O–H groups in total. The molecule has 65 heavy (non-hydrogen) atoms. The van der Waals surface area contributed by atoms with Crippen molar-refractivity contribution in [3.63, 3.8) is 0 Å². The highest BCUT2D eigenvalue weighted by atomic mass is 32.1. The smallest absolute Gasteiger partial charge is 0.163 e. The Morgan fingerprint density at radius 2 is 0.846 bits per heavy atom. The van der Waals surface area contributed by atoms with Crippen LogP contribution in [-0.2, 0) is 10.8 Å². The summed E-state index contributed by atoms with van der Waals surface area (Å²) in [6.45, 7) is 0. The lowest BCUT2D eigenvalue weighted by Crippen LogP contribution is -2.51. The van der Waals surface area contributed by atoms with Gasteiger partial charge in [-0.1, -0.05) is 72.8 Å². The maximum atomic E-state index is 5.76. The first-order valence-electron chi connectivity index (χ1n) is 24.8. The molecule has 8 fully saturated rings. The zero-order chi connectivity index (χ0) is 42.2. The molecule has 0 atom stereocenters. The van der Waals surface area contributed by atoms with Crippen LogP contribution in [0.3, 0.4) is 0 Å². The van der Waals surface area contributed by atoms with Crippen LogP contribution in [0, 0.1) is 35.5 Å². The normalized spacial score (nSPS) is 28.9. The molecular weight excluding hydrogens is 811 g/mol. The van der Waals surface area contributed by atoms with E-state index in [2.05, 4.69) is 137 Å². The van der Waals surface area contributed by atoms with E-state index in [0.717, 1.165) is 64.2 Å². The Hall–Kier alpha value is -5.85. The summed E-state index contributed by atoms with van der Waals surface area (Å²) >= 11 is 1.94. The molecular formula is C59H51N5S. The van der Waals surface area contributed by atoms with Gasteiger partial charge in [-0.2, -0.15) is 0 Å². The first-order valence-corrected chi connectivity index (χ1v) is 25.6. The maximum absolute atomic E-state index is 5.76. The number of benzene rings is 6. The Kier molecular flexibility index (Phi) is 7.24. The fourth-order valence-electron chi connectivity index (χ4n) is 16.5. The van der Waals surface area contributed by atoms with E-state index in [1.165, 1.54) is 147 Å². The molecule has 0 saturated heterocycles. The van der Waals surface area contributed by atoms with Crippen molar-refractivity contribution >= 4 is 75.1 Å². The number of hydrogen-bond donors (Lipinski definition) is 0. The molecule has 8 saturated carbocycles. The standard InChI is InChI=1S/C59H51N5S/c1-2-10-41(11-3-1)63-46-15-7-4-12-43(46)49-52-50(54-51(53(49)63)45-14-6-9-17-48(45)65-54)44-13-5-8-16-47(44)64(52)42-20-18-40(19-21-42)55-60-56(58-28-34-22-35(29-58)24-36(23-34)30-58)62-57(61-55)59-31-37-25-38(32-59)27-39(26-37)33-59/h1-21,34-39H,22-33H2. The highest BCUT2D eigenvalue weighted by Crippen LogP contribution is 2.63. The second-order valence-corrected chi connectivity index (χ2v) is 23.1. The monoisotopic (exact) mass is 861 g/mol. The molecule has 8 aliphatic rings. The van der Waals surface area contributed by atoms with Gasteiger partial charge in [0.2, 0.25) is 0 Å². The predicted molar refractivity (Wildman–Crippen MR) is 267 cm³/mol. The van der Waals surface area contributed by atoms with Gasteiger partial charge in [0.05, 0.1) is 22.1 Å². The van der Waals surface area contributed by atoms with Crippen molar-refractivity contribution in [2.75, 3.05) is 0 Å². The third kappa shape index (κ3) is 5.02. The summed E-state index contributed by atoms with van der Waals surface area (Å²) < 4.78 is 7.76. The zero-order valence-electron chi connectivity index (χ0n) is 36.7. The van der Waals surface area contributed by atoms with Crippen LogP contribution >= 0.6 is 11.3 Å². The fraction of sp³-hybridized carbons (Fsp3) is 0.339. The number of fused-ring (bicyclic) bond motifs is 12. The summed E-state index contributed by atoms with van der Waals surface area (Å²) in [5.41, 5.74) is 8.70. The Balaban J connectivity index is 0.935. The van der Waals surface area contributed by atoms with Gasteiger partial charge in [0, 0.05) is 69.5 Å². The van der Waals surface area contributed by atoms with Crippen LogP contribution in [0.25, 0.3) is 86.5 Å². The summed E-state index contributed by atoms with van der Waals surface area (Å²) in [5.74, 6) is 8.29. The second-order valence-electron chi connectivity index (χ2n) is 22.0. The number of rotatable bonds is 5. The van der Waals surface area contributed by atoms with Gasteiger partial charge in [0.15, 0.2) is 5.82 Å². The van der Waals surface area contributed by atoms with E-state index in [-0.39, 0.29) is 10.8 Å². The lowest BCUT2D eigenvalue weighted by Gasteiger charge is -2.57. The Bertz CT molecular complexity index is 3490. The average Bonchev–Trinajstić information content (AvgIpc) is 3.99. The molecule has 8 aliphatic carbocycles. The minimum atomic E-state index is 0.120. The minimum Gasteiger partial charge on any atom is -0.308 e. The molecule has 8 bridgehead atoms. The van der Waals surface area contributed by atoms with Gasteiger partial charge in [-0.3, -0.25) is 0 Å². The summed E-state index contributed by atoms with van der Waals surface area (Å²) in [6.07, 6.45) is 16.2. The van der Waals surface area contributed by atoms with Crippen molar-refractivity contribution in [1.29, 1.82) is 0 Å². The van der Waals surface area contributed by atoms with Crippen molar-refractivity contribution in [2.24, 2.45) is 35.5 Å². The Morgan fingerprint density at radius 1 is 0.415 bits per heavy atom. The van der Waals surface area contributed by atoms with E-state index in [1.807, 2.05) is 11.3 Å². The summed E-state index contributed by atoms with van der Waals surface area (Å²) in [4.78, 5) is 17.0. The fourth-order valence-corrected chi connectivity index (χ4v) is 17.8. The van der Waals surface area contributed by atoms with E-state index >= 15 is 0 Å². The van der Waals surface area contributed by atoms with Crippen LogP contribution in [0.2, 0.25) is 0 Å². The molecule has 0 aliphatic heterocycles. The molecule has 0 spiro atoms. The topological polar surface area (TPSA) is 48.5 Å². The van der Waals surface area contributed by atoms with Crippen LogP contribution in [0.5, 0.6) is 0 Å². The highest BCUT2D eigenvalue weighted by Gasteiger charge is 2.56. The van der Waals surface area contributed by atoms with Crippen LogP contribution in [0.4, 0.5) is 0 Å². The van der Waals surface area contributed by atoms with Gasteiger partial charge in [-0.25, -0.2) is 15.0 Å². The van der Waals surface area contributed by atoms with Gasteiger partial charge in [0.1, 0.15) is 11.6 Å². The quantitative estimate of drug-likeness (QED) is 0.173. The Morgan fingerprint density at radius 3 is 1.38 bits per heavy atom. The van der Waals surface area contributed by atoms with Crippen molar-refractivity contribution in [2.45, 2.75) is 87.9 Å². The van der Waals surface area contributed by atoms with E-state index in [4.69, 9.17) is 15.0 Å². The van der Waals surface area contributed by atoms with Crippen LogP contribution < -0.4 is 0 Å². The number of hydrogen-bond acceptors (Lipinski definition) is 4. The number of aromatic nitrogens is 5. The van der Waals surface area contributed by atoms with Crippen molar-refractivity contribution in [1.82, 2.24) is 24.1 Å². The van der Waals surface area contributed by atoms with E-state index in [1.54, 1.807) is 0 Å². The van der Waals surface area contributed by atoms with Crippen LogP contribution in [-0.4, -0.2) is 24.1 Å². The summed E-state index contributed by atoms with van der Waals surface area (Å²) in [6, 6.07) is 47.5. The first-order chi connectivity index (χ1) is 32.0. The van der Waals surface area contributed by atoms with E-state index in [9.17, 15) is 0 Å². The SMILES string of the molecule is c1ccc(-n2c3ccccc3c3c4c(c5ccccc5n4-c4ccc(-c5nc(C67CC8CC(CC(C8)C6)C7)nc(C67CC8CC(CC(C8)C6)C7)n5)cc4)c4sc5ccccc5c4c32)cc1. The summed E-state index contributed by atoms with van der Waals surface area (Å²) in [7, 11) is 0. The molecule has 0 radical (unpaired) electrons. The van der Waals surface area contributed by atoms with Crippen molar-refractivity contribution < 1.29 is 0 Å². The first kappa shape index (κ1) is 36.4. The Labute approximate surface area is 382 Å². The van der Waals surface area contributed by atoms with Gasteiger partial charge in [0.25, 0.3) is 0 Å². The van der Waals surface area contributed by atoms with E-state index in [0.29, 0.717) is 0 Å². The average molecular weight is 862 g/mol. The lowest BCUT2D eigenvalue weighted by atomic mass is 9.49. The lowest BCUT2D eigenvalue weighted by molar-refractivity contribution is -0.0155. The highest BCUT2D eigenvalue weighted by molar-refractivity contribution is 7.27. The molecule has 10 aromatic rings. The van der Waals surface area contributed by atoms with Gasteiger partial charge in [-0.05, 0) is 167 Å². The molecule has 318 valence electrons.